The maximum absolute atomic E-state index is 12.6. The van der Waals surface area contributed by atoms with Gasteiger partial charge in [-0.05, 0) is 36.1 Å². The summed E-state index contributed by atoms with van der Waals surface area (Å²) >= 11 is 0. The summed E-state index contributed by atoms with van der Waals surface area (Å²) in [4.78, 5) is 19.2. The summed E-state index contributed by atoms with van der Waals surface area (Å²) in [6, 6.07) is 18.6. The van der Waals surface area contributed by atoms with E-state index in [1.807, 2.05) is 24.4 Å². The molecule has 136 valence electrons. The molecule has 27 heavy (non-hydrogen) atoms. The van der Waals surface area contributed by atoms with E-state index >= 15 is 0 Å². The maximum atomic E-state index is 12.6. The molecule has 0 spiro atoms. The Bertz CT molecular complexity index is 967. The molecule has 0 unspecified atom stereocenters. The van der Waals surface area contributed by atoms with Crippen molar-refractivity contribution in [2.75, 3.05) is 11.4 Å². The zero-order chi connectivity index (χ0) is 18.6. The van der Waals surface area contributed by atoms with E-state index in [2.05, 4.69) is 58.5 Å². The van der Waals surface area contributed by atoms with Gasteiger partial charge in [0, 0.05) is 25.8 Å². The Morgan fingerprint density at radius 1 is 1.07 bits per heavy atom. The summed E-state index contributed by atoms with van der Waals surface area (Å²) in [6.45, 7) is 4.36. The van der Waals surface area contributed by atoms with Crippen LogP contribution in [-0.2, 0) is 19.5 Å². The number of aryl methyl sites for hydroxylation is 1. The van der Waals surface area contributed by atoms with Crippen LogP contribution in [0.2, 0.25) is 0 Å². The van der Waals surface area contributed by atoms with Crippen LogP contribution in [0, 0.1) is 6.92 Å². The SMILES string of the molecule is Cc1cccc(CNC(=O)c2cncc(N3CCc4ccccc4C3)c2)c1. The van der Waals surface area contributed by atoms with E-state index in [4.69, 9.17) is 0 Å². The van der Waals surface area contributed by atoms with Gasteiger partial charge in [-0.1, -0.05) is 54.1 Å². The van der Waals surface area contributed by atoms with E-state index in [1.54, 1.807) is 6.20 Å². The summed E-state index contributed by atoms with van der Waals surface area (Å²) in [7, 11) is 0. The van der Waals surface area contributed by atoms with Gasteiger partial charge in [0.1, 0.15) is 0 Å². The van der Waals surface area contributed by atoms with Gasteiger partial charge in [0.05, 0.1) is 17.4 Å². The summed E-state index contributed by atoms with van der Waals surface area (Å²) in [5.41, 5.74) is 6.63. The number of hydrogen-bond acceptors (Lipinski definition) is 3. The number of anilines is 1. The highest BCUT2D eigenvalue weighted by atomic mass is 16.1. The number of hydrogen-bond donors (Lipinski definition) is 1. The number of pyridine rings is 1. The monoisotopic (exact) mass is 357 g/mol. The molecule has 0 radical (unpaired) electrons. The molecule has 4 nitrogen and oxygen atoms in total. The predicted octanol–water partition coefficient (Wildman–Crippen LogP) is 3.88. The highest BCUT2D eigenvalue weighted by Crippen LogP contribution is 2.24. The average Bonchev–Trinajstić information content (AvgIpc) is 2.72. The minimum absolute atomic E-state index is 0.0942. The first kappa shape index (κ1) is 17.3. The molecule has 1 aromatic heterocycles. The van der Waals surface area contributed by atoms with Crippen LogP contribution < -0.4 is 10.2 Å². The van der Waals surface area contributed by atoms with Crippen molar-refractivity contribution in [2.24, 2.45) is 0 Å². The maximum Gasteiger partial charge on any atom is 0.253 e. The third kappa shape index (κ3) is 4.00. The fourth-order valence-electron chi connectivity index (χ4n) is 3.55. The normalized spacial score (nSPS) is 13.1. The number of rotatable bonds is 4. The Morgan fingerprint density at radius 2 is 1.93 bits per heavy atom. The number of nitrogens with zero attached hydrogens (tertiary/aromatic N) is 2. The molecule has 2 aromatic carbocycles. The van der Waals surface area contributed by atoms with Crippen LogP contribution >= 0.6 is 0 Å². The van der Waals surface area contributed by atoms with Gasteiger partial charge >= 0.3 is 0 Å². The molecule has 3 aromatic rings. The van der Waals surface area contributed by atoms with E-state index < -0.39 is 0 Å². The van der Waals surface area contributed by atoms with Crippen molar-refractivity contribution in [3.63, 3.8) is 0 Å². The standard InChI is InChI=1S/C23H23N3O/c1-17-5-4-6-18(11-17)13-25-23(27)21-12-22(15-24-14-21)26-10-9-19-7-2-3-8-20(19)16-26/h2-8,11-12,14-15H,9-10,13,16H2,1H3,(H,25,27). The molecule has 0 saturated carbocycles. The van der Waals surface area contributed by atoms with Crippen molar-refractivity contribution < 1.29 is 4.79 Å². The van der Waals surface area contributed by atoms with Crippen molar-refractivity contribution in [3.05, 3.63) is 94.8 Å². The topological polar surface area (TPSA) is 45.2 Å². The van der Waals surface area contributed by atoms with Crippen molar-refractivity contribution in [1.29, 1.82) is 0 Å². The lowest BCUT2D eigenvalue weighted by molar-refractivity contribution is 0.0950. The summed E-state index contributed by atoms with van der Waals surface area (Å²) in [6.07, 6.45) is 4.48. The van der Waals surface area contributed by atoms with E-state index in [-0.39, 0.29) is 5.91 Å². The van der Waals surface area contributed by atoms with Gasteiger partial charge in [-0.3, -0.25) is 9.78 Å². The molecule has 1 aliphatic heterocycles. The second-order valence-electron chi connectivity index (χ2n) is 7.04. The van der Waals surface area contributed by atoms with Crippen LogP contribution in [0.15, 0.2) is 67.0 Å². The third-order valence-corrected chi connectivity index (χ3v) is 5.02. The Morgan fingerprint density at radius 3 is 2.78 bits per heavy atom. The van der Waals surface area contributed by atoms with Gasteiger partial charge < -0.3 is 10.2 Å². The van der Waals surface area contributed by atoms with Crippen LogP contribution in [0.1, 0.15) is 32.6 Å². The van der Waals surface area contributed by atoms with E-state index in [0.29, 0.717) is 12.1 Å². The number of nitrogens with one attached hydrogen (secondary N) is 1. The molecule has 0 bridgehead atoms. The van der Waals surface area contributed by atoms with Crippen molar-refractivity contribution >= 4 is 11.6 Å². The first-order valence-corrected chi connectivity index (χ1v) is 9.29. The van der Waals surface area contributed by atoms with Gasteiger partial charge in [-0.2, -0.15) is 0 Å². The fraction of sp³-hybridized carbons (Fsp3) is 0.217. The Hall–Kier alpha value is -3.14. The number of carbonyl (C=O) groups excluding carboxylic acids is 1. The van der Waals surface area contributed by atoms with E-state index in [9.17, 15) is 4.79 Å². The Kier molecular flexibility index (Phi) is 4.88. The second kappa shape index (κ2) is 7.62. The number of amides is 1. The molecule has 0 aliphatic carbocycles. The Labute approximate surface area is 159 Å². The average molecular weight is 357 g/mol. The number of fused-ring (bicyclic) bond motifs is 1. The number of benzene rings is 2. The van der Waals surface area contributed by atoms with Gasteiger partial charge in [0.15, 0.2) is 0 Å². The number of aromatic nitrogens is 1. The summed E-state index contributed by atoms with van der Waals surface area (Å²) < 4.78 is 0. The fourth-order valence-corrected chi connectivity index (χ4v) is 3.55. The van der Waals surface area contributed by atoms with Crippen LogP contribution in [0.3, 0.4) is 0 Å². The lowest BCUT2D eigenvalue weighted by Crippen LogP contribution is -2.31. The van der Waals surface area contributed by atoms with E-state index in [0.717, 1.165) is 30.8 Å². The van der Waals surface area contributed by atoms with Crippen LogP contribution in [0.5, 0.6) is 0 Å². The molecule has 1 aliphatic rings. The molecular weight excluding hydrogens is 334 g/mol. The van der Waals surface area contributed by atoms with Crippen LogP contribution in [-0.4, -0.2) is 17.4 Å². The smallest absolute Gasteiger partial charge is 0.253 e. The second-order valence-corrected chi connectivity index (χ2v) is 7.04. The Balaban J connectivity index is 1.45. The zero-order valence-electron chi connectivity index (χ0n) is 15.5. The molecule has 1 amide bonds. The third-order valence-electron chi connectivity index (χ3n) is 5.02. The highest BCUT2D eigenvalue weighted by Gasteiger charge is 2.17. The lowest BCUT2D eigenvalue weighted by Gasteiger charge is -2.30. The molecular formula is C23H23N3O. The van der Waals surface area contributed by atoms with Crippen molar-refractivity contribution in [3.8, 4) is 0 Å². The summed E-state index contributed by atoms with van der Waals surface area (Å²) in [5, 5.41) is 2.99. The molecule has 0 atom stereocenters. The lowest BCUT2D eigenvalue weighted by atomic mass is 9.99. The van der Waals surface area contributed by atoms with Crippen molar-refractivity contribution in [2.45, 2.75) is 26.4 Å². The summed E-state index contributed by atoms with van der Waals surface area (Å²) in [5.74, 6) is -0.0942. The molecule has 0 fully saturated rings. The van der Waals surface area contributed by atoms with Gasteiger partial charge in [0.2, 0.25) is 0 Å². The molecule has 4 rings (SSSR count). The van der Waals surface area contributed by atoms with Crippen LogP contribution in [0.4, 0.5) is 5.69 Å². The highest BCUT2D eigenvalue weighted by molar-refractivity contribution is 5.94. The van der Waals surface area contributed by atoms with Gasteiger partial charge in [0.25, 0.3) is 5.91 Å². The number of carbonyl (C=O) groups is 1. The molecule has 0 saturated heterocycles. The first-order valence-electron chi connectivity index (χ1n) is 9.29. The van der Waals surface area contributed by atoms with Gasteiger partial charge in [-0.25, -0.2) is 0 Å². The minimum Gasteiger partial charge on any atom is -0.366 e. The quantitative estimate of drug-likeness (QED) is 0.771. The first-order chi connectivity index (χ1) is 13.2. The van der Waals surface area contributed by atoms with Crippen molar-refractivity contribution in [1.82, 2.24) is 10.3 Å². The minimum atomic E-state index is -0.0942. The van der Waals surface area contributed by atoms with E-state index in [1.165, 1.54) is 16.7 Å². The largest absolute Gasteiger partial charge is 0.366 e. The van der Waals surface area contributed by atoms with Crippen LogP contribution in [0.25, 0.3) is 0 Å². The molecule has 1 N–H and O–H groups in total. The molecule has 2 heterocycles. The predicted molar refractivity (Wildman–Crippen MR) is 108 cm³/mol. The van der Waals surface area contributed by atoms with Gasteiger partial charge in [-0.15, -0.1) is 0 Å². The zero-order valence-corrected chi connectivity index (χ0v) is 15.5. The molecule has 4 heteroatoms.